The largest absolute Gasteiger partial charge is 0.365 e. The van der Waals surface area contributed by atoms with Crippen LogP contribution in [0.3, 0.4) is 0 Å². The molecule has 1 unspecified atom stereocenters. The zero-order valence-electron chi connectivity index (χ0n) is 10.7. The molecule has 2 heterocycles. The molecule has 6 nitrogen and oxygen atoms in total. The summed E-state index contributed by atoms with van der Waals surface area (Å²) in [6.07, 6.45) is 7.95. The fraction of sp³-hybridized carbons (Fsp3) is 0.583. The maximum Gasteiger partial charge on any atom is 0.203 e. The molecule has 0 radical (unpaired) electrons. The highest BCUT2D eigenvalue weighted by atomic mass is 15.3. The summed E-state index contributed by atoms with van der Waals surface area (Å²) in [6, 6.07) is 1.26. The zero-order chi connectivity index (χ0) is 12.5. The number of aromatic nitrogens is 4. The maximum atomic E-state index is 4.32. The molecule has 0 spiro atoms. The molecule has 0 aliphatic heterocycles. The van der Waals surface area contributed by atoms with Gasteiger partial charge in [-0.25, -0.2) is 4.98 Å². The van der Waals surface area contributed by atoms with E-state index in [2.05, 4.69) is 39.4 Å². The van der Waals surface area contributed by atoms with Gasteiger partial charge in [0.05, 0.1) is 0 Å². The van der Waals surface area contributed by atoms with E-state index >= 15 is 0 Å². The average Bonchev–Trinajstić information content (AvgIpc) is 3.12. The second kappa shape index (κ2) is 4.53. The van der Waals surface area contributed by atoms with Crippen molar-refractivity contribution < 1.29 is 0 Å². The third kappa shape index (κ3) is 2.15. The van der Waals surface area contributed by atoms with Crippen molar-refractivity contribution in [1.82, 2.24) is 24.5 Å². The number of anilines is 1. The molecule has 0 bridgehead atoms. The number of likely N-dealkylation sites (N-methyl/N-ethyl adjacent to an activating group) is 1. The van der Waals surface area contributed by atoms with E-state index < -0.39 is 0 Å². The van der Waals surface area contributed by atoms with Crippen molar-refractivity contribution in [2.24, 2.45) is 0 Å². The van der Waals surface area contributed by atoms with Crippen LogP contribution in [0.4, 0.5) is 5.82 Å². The molecule has 3 rings (SSSR count). The Labute approximate surface area is 106 Å². The van der Waals surface area contributed by atoms with Gasteiger partial charge < -0.3 is 5.32 Å². The second-order valence-corrected chi connectivity index (χ2v) is 4.96. The first-order valence-corrected chi connectivity index (χ1v) is 6.36. The van der Waals surface area contributed by atoms with Gasteiger partial charge in [0.25, 0.3) is 0 Å². The van der Waals surface area contributed by atoms with Gasteiger partial charge in [-0.05, 0) is 26.8 Å². The van der Waals surface area contributed by atoms with Crippen molar-refractivity contribution in [3.05, 3.63) is 18.7 Å². The first kappa shape index (κ1) is 11.4. The van der Waals surface area contributed by atoms with Gasteiger partial charge in [-0.1, -0.05) is 0 Å². The fourth-order valence-electron chi connectivity index (χ4n) is 2.11. The van der Waals surface area contributed by atoms with Gasteiger partial charge in [0, 0.05) is 31.0 Å². The van der Waals surface area contributed by atoms with Crippen molar-refractivity contribution in [3.8, 4) is 0 Å². The molecular formula is C12H18N6. The van der Waals surface area contributed by atoms with Crippen LogP contribution in [0.25, 0.3) is 5.65 Å². The number of fused-ring (bicyclic) bond motifs is 1. The second-order valence-electron chi connectivity index (χ2n) is 4.96. The Bertz CT molecular complexity index is 532. The van der Waals surface area contributed by atoms with Gasteiger partial charge in [-0.2, -0.15) is 0 Å². The summed E-state index contributed by atoms with van der Waals surface area (Å²) in [7, 11) is 2.19. The summed E-state index contributed by atoms with van der Waals surface area (Å²) in [5.41, 5.74) is 0.777. The minimum absolute atomic E-state index is 0.488. The van der Waals surface area contributed by atoms with E-state index in [-0.39, 0.29) is 0 Å². The molecule has 1 aliphatic carbocycles. The predicted octanol–water partition coefficient (Wildman–Crippen LogP) is 1.02. The van der Waals surface area contributed by atoms with E-state index in [0.717, 1.165) is 24.1 Å². The highest BCUT2D eigenvalue weighted by Crippen LogP contribution is 2.26. The topological polar surface area (TPSA) is 58.4 Å². The number of hydrogen-bond donors (Lipinski definition) is 1. The van der Waals surface area contributed by atoms with Gasteiger partial charge in [0.1, 0.15) is 6.33 Å². The van der Waals surface area contributed by atoms with Crippen LogP contribution in [0.15, 0.2) is 18.7 Å². The van der Waals surface area contributed by atoms with Crippen LogP contribution in [-0.2, 0) is 0 Å². The third-order valence-corrected chi connectivity index (χ3v) is 3.60. The van der Waals surface area contributed by atoms with Crippen molar-refractivity contribution in [2.45, 2.75) is 31.8 Å². The highest BCUT2D eigenvalue weighted by molar-refractivity contribution is 5.61. The fourth-order valence-corrected chi connectivity index (χ4v) is 2.11. The van der Waals surface area contributed by atoms with Crippen molar-refractivity contribution in [1.29, 1.82) is 0 Å². The van der Waals surface area contributed by atoms with E-state index in [9.17, 15) is 0 Å². The zero-order valence-corrected chi connectivity index (χ0v) is 10.7. The average molecular weight is 246 g/mol. The quantitative estimate of drug-likeness (QED) is 0.853. The Morgan fingerprint density at radius 3 is 3.17 bits per heavy atom. The molecule has 1 atom stereocenters. The Kier molecular flexibility index (Phi) is 2.87. The first-order valence-electron chi connectivity index (χ1n) is 6.36. The summed E-state index contributed by atoms with van der Waals surface area (Å²) >= 11 is 0. The van der Waals surface area contributed by atoms with Crippen LogP contribution in [0, 0.1) is 0 Å². The van der Waals surface area contributed by atoms with Gasteiger partial charge >= 0.3 is 0 Å². The van der Waals surface area contributed by atoms with Gasteiger partial charge in [0.2, 0.25) is 5.65 Å². The number of rotatable bonds is 5. The standard InChI is InChI=1S/C12H18N6/c1-9(17(2)10-3-4-10)7-14-11-12-16-15-8-18(12)6-5-13-11/h5-6,8-10H,3-4,7H2,1-2H3,(H,13,14). The summed E-state index contributed by atoms with van der Waals surface area (Å²) in [5, 5.41) is 11.3. The van der Waals surface area contributed by atoms with Gasteiger partial charge in [-0.15, -0.1) is 10.2 Å². The van der Waals surface area contributed by atoms with Crippen LogP contribution in [-0.4, -0.2) is 50.2 Å². The first-order chi connectivity index (χ1) is 8.75. The lowest BCUT2D eigenvalue weighted by molar-refractivity contribution is 0.257. The minimum atomic E-state index is 0.488. The molecule has 1 aliphatic rings. The molecule has 1 saturated carbocycles. The normalized spacial score (nSPS) is 17.3. The van der Waals surface area contributed by atoms with Crippen LogP contribution >= 0.6 is 0 Å². The molecule has 1 N–H and O–H groups in total. The summed E-state index contributed by atoms with van der Waals surface area (Å²) < 4.78 is 1.87. The summed E-state index contributed by atoms with van der Waals surface area (Å²) in [5.74, 6) is 0.797. The molecule has 1 fully saturated rings. The molecule has 0 amide bonds. The molecule has 0 aromatic carbocycles. The highest BCUT2D eigenvalue weighted by Gasteiger charge is 2.28. The Hall–Kier alpha value is -1.69. The number of nitrogens with one attached hydrogen (secondary N) is 1. The molecule has 96 valence electrons. The molecule has 2 aromatic rings. The van der Waals surface area contributed by atoms with Gasteiger partial charge in [0.15, 0.2) is 5.82 Å². The van der Waals surface area contributed by atoms with E-state index in [1.807, 2.05) is 10.6 Å². The van der Waals surface area contributed by atoms with Crippen molar-refractivity contribution >= 4 is 11.5 Å². The Morgan fingerprint density at radius 1 is 1.56 bits per heavy atom. The van der Waals surface area contributed by atoms with E-state index in [1.54, 1.807) is 12.5 Å². The van der Waals surface area contributed by atoms with Crippen LogP contribution < -0.4 is 5.32 Å². The predicted molar refractivity (Wildman–Crippen MR) is 69.5 cm³/mol. The van der Waals surface area contributed by atoms with E-state index in [1.165, 1.54) is 12.8 Å². The van der Waals surface area contributed by atoms with Crippen LogP contribution in [0.2, 0.25) is 0 Å². The molecule has 0 saturated heterocycles. The summed E-state index contributed by atoms with van der Waals surface area (Å²) in [6.45, 7) is 3.10. The number of nitrogens with zero attached hydrogens (tertiary/aromatic N) is 5. The Morgan fingerprint density at radius 2 is 2.39 bits per heavy atom. The molecular weight excluding hydrogens is 228 g/mol. The lowest BCUT2D eigenvalue weighted by Crippen LogP contribution is -2.36. The molecule has 18 heavy (non-hydrogen) atoms. The van der Waals surface area contributed by atoms with Crippen molar-refractivity contribution in [2.75, 3.05) is 18.9 Å². The van der Waals surface area contributed by atoms with Crippen molar-refractivity contribution in [3.63, 3.8) is 0 Å². The lowest BCUT2D eigenvalue weighted by atomic mass is 10.3. The van der Waals surface area contributed by atoms with Crippen LogP contribution in [0.1, 0.15) is 19.8 Å². The monoisotopic (exact) mass is 246 g/mol. The smallest absolute Gasteiger partial charge is 0.203 e. The van der Waals surface area contributed by atoms with E-state index in [4.69, 9.17) is 0 Å². The molecule has 6 heteroatoms. The maximum absolute atomic E-state index is 4.32. The lowest BCUT2D eigenvalue weighted by Gasteiger charge is -2.24. The SMILES string of the molecule is CC(CNc1nccn2cnnc12)N(C)C1CC1. The van der Waals surface area contributed by atoms with Gasteiger partial charge in [-0.3, -0.25) is 9.30 Å². The van der Waals surface area contributed by atoms with E-state index in [0.29, 0.717) is 6.04 Å². The Balaban J connectivity index is 1.67. The number of hydrogen-bond acceptors (Lipinski definition) is 5. The molecule has 2 aromatic heterocycles. The summed E-state index contributed by atoms with van der Waals surface area (Å²) in [4.78, 5) is 6.75. The third-order valence-electron chi connectivity index (χ3n) is 3.60. The van der Waals surface area contributed by atoms with Crippen LogP contribution in [0.5, 0.6) is 0 Å². The minimum Gasteiger partial charge on any atom is -0.365 e.